The van der Waals surface area contributed by atoms with Crippen LogP contribution < -0.4 is 0 Å². The van der Waals surface area contributed by atoms with Gasteiger partial charge in [-0.3, -0.25) is 4.79 Å². The summed E-state index contributed by atoms with van der Waals surface area (Å²) >= 11 is 1.12. The Labute approximate surface area is 131 Å². The van der Waals surface area contributed by atoms with Gasteiger partial charge in [-0.2, -0.15) is 4.68 Å². The lowest BCUT2D eigenvalue weighted by Crippen LogP contribution is -2.27. The molecule has 0 saturated heterocycles. The third-order valence-electron chi connectivity index (χ3n) is 3.30. The average Bonchev–Trinajstić information content (AvgIpc) is 2.93. The van der Waals surface area contributed by atoms with Crippen LogP contribution in [0.1, 0.15) is 13.8 Å². The van der Waals surface area contributed by atoms with Crippen LogP contribution in [-0.4, -0.2) is 36.0 Å². The van der Waals surface area contributed by atoms with Crippen LogP contribution in [0.3, 0.4) is 0 Å². The van der Waals surface area contributed by atoms with E-state index >= 15 is 0 Å². The quantitative estimate of drug-likeness (QED) is 0.746. The first-order chi connectivity index (χ1) is 10.5. The smallest absolute Gasteiger partial charge is 0.319 e. The number of fused-ring (bicyclic) bond motifs is 1. The standard InChI is InChI=1S/C15H14N4O2S/c1-15(2,13(20)21)22-14-16-17-18-19(14)12-9-5-7-10-6-3-4-8-11(10)12/h3-9H,1-2H3,(H,20,21). The van der Waals surface area contributed by atoms with Crippen molar-refractivity contribution in [2.24, 2.45) is 0 Å². The van der Waals surface area contributed by atoms with Crippen LogP contribution in [0.25, 0.3) is 16.5 Å². The first-order valence-electron chi connectivity index (χ1n) is 6.68. The highest BCUT2D eigenvalue weighted by molar-refractivity contribution is 8.01. The minimum absolute atomic E-state index is 0.448. The van der Waals surface area contributed by atoms with Gasteiger partial charge in [-0.15, -0.1) is 5.10 Å². The van der Waals surface area contributed by atoms with Crippen LogP contribution in [0, 0.1) is 0 Å². The molecule has 3 aromatic rings. The lowest BCUT2D eigenvalue weighted by atomic mass is 10.1. The molecule has 2 aromatic carbocycles. The Kier molecular flexibility index (Phi) is 3.58. The third-order valence-corrected chi connectivity index (χ3v) is 4.42. The van der Waals surface area contributed by atoms with Crippen molar-refractivity contribution in [3.8, 4) is 5.69 Å². The van der Waals surface area contributed by atoms with Crippen LogP contribution in [0.15, 0.2) is 47.6 Å². The van der Waals surface area contributed by atoms with Gasteiger partial charge < -0.3 is 5.11 Å². The highest BCUT2D eigenvalue weighted by atomic mass is 32.2. The van der Waals surface area contributed by atoms with E-state index in [9.17, 15) is 9.90 Å². The summed E-state index contributed by atoms with van der Waals surface area (Å²) in [4.78, 5) is 11.3. The highest BCUT2D eigenvalue weighted by Crippen LogP contribution is 2.33. The summed E-state index contributed by atoms with van der Waals surface area (Å²) in [5.41, 5.74) is 0.826. The van der Waals surface area contributed by atoms with E-state index in [2.05, 4.69) is 15.5 Å². The van der Waals surface area contributed by atoms with Gasteiger partial charge in [0, 0.05) is 5.39 Å². The molecular formula is C15H14N4O2S. The number of hydrogen-bond donors (Lipinski definition) is 1. The number of tetrazole rings is 1. The summed E-state index contributed by atoms with van der Waals surface area (Å²) in [5.74, 6) is -0.912. The molecule has 0 spiro atoms. The van der Waals surface area contributed by atoms with Gasteiger partial charge in [-0.1, -0.05) is 48.2 Å². The SMILES string of the molecule is CC(C)(Sc1nnnn1-c1cccc2ccccc12)C(=O)O. The van der Waals surface area contributed by atoms with Crippen molar-refractivity contribution < 1.29 is 9.90 Å². The molecule has 0 bridgehead atoms. The maximum atomic E-state index is 11.3. The van der Waals surface area contributed by atoms with E-state index in [4.69, 9.17) is 0 Å². The number of aliphatic carboxylic acids is 1. The predicted octanol–water partition coefficient (Wildman–Crippen LogP) is 2.77. The summed E-state index contributed by atoms with van der Waals surface area (Å²) in [6, 6.07) is 13.8. The van der Waals surface area contributed by atoms with E-state index in [1.54, 1.807) is 18.5 Å². The van der Waals surface area contributed by atoms with Crippen molar-refractivity contribution in [2.45, 2.75) is 23.8 Å². The van der Waals surface area contributed by atoms with Crippen LogP contribution in [0.5, 0.6) is 0 Å². The van der Waals surface area contributed by atoms with Gasteiger partial charge in [0.05, 0.1) is 5.69 Å². The normalized spacial score (nSPS) is 11.7. The van der Waals surface area contributed by atoms with Crippen molar-refractivity contribution in [2.75, 3.05) is 0 Å². The summed E-state index contributed by atoms with van der Waals surface area (Å²) in [6.45, 7) is 3.25. The van der Waals surface area contributed by atoms with E-state index in [1.807, 2.05) is 42.5 Å². The lowest BCUT2D eigenvalue weighted by molar-refractivity contribution is -0.138. The molecule has 0 aliphatic rings. The van der Waals surface area contributed by atoms with Crippen LogP contribution in [0.2, 0.25) is 0 Å². The highest BCUT2D eigenvalue weighted by Gasteiger charge is 2.31. The fourth-order valence-corrected chi connectivity index (χ4v) is 2.90. The first-order valence-corrected chi connectivity index (χ1v) is 7.49. The molecule has 0 atom stereocenters. The number of carboxylic acid groups (broad SMARTS) is 1. The molecule has 3 rings (SSSR count). The molecule has 0 radical (unpaired) electrons. The topological polar surface area (TPSA) is 80.9 Å². The summed E-state index contributed by atoms with van der Waals surface area (Å²) in [5, 5.41) is 23.5. The zero-order chi connectivity index (χ0) is 15.7. The van der Waals surface area contributed by atoms with Gasteiger partial charge in [0.15, 0.2) is 0 Å². The molecule has 0 aliphatic heterocycles. The Morgan fingerprint density at radius 2 is 1.91 bits per heavy atom. The minimum Gasteiger partial charge on any atom is -0.480 e. The van der Waals surface area contributed by atoms with Gasteiger partial charge >= 0.3 is 5.97 Å². The molecule has 22 heavy (non-hydrogen) atoms. The van der Waals surface area contributed by atoms with E-state index in [0.29, 0.717) is 5.16 Å². The van der Waals surface area contributed by atoms with Crippen molar-refractivity contribution in [3.05, 3.63) is 42.5 Å². The number of thioether (sulfide) groups is 1. The molecular weight excluding hydrogens is 300 g/mol. The van der Waals surface area contributed by atoms with Crippen molar-refractivity contribution in [1.82, 2.24) is 20.2 Å². The second-order valence-corrected chi connectivity index (χ2v) is 6.88. The Morgan fingerprint density at radius 1 is 1.18 bits per heavy atom. The maximum absolute atomic E-state index is 11.3. The van der Waals surface area contributed by atoms with Gasteiger partial charge in [-0.05, 0) is 35.7 Å². The number of carbonyl (C=O) groups is 1. The summed E-state index contributed by atoms with van der Waals surface area (Å²) in [7, 11) is 0. The van der Waals surface area contributed by atoms with Crippen molar-refractivity contribution in [3.63, 3.8) is 0 Å². The van der Waals surface area contributed by atoms with E-state index < -0.39 is 10.7 Å². The average molecular weight is 314 g/mol. The Hall–Kier alpha value is -2.41. The number of nitrogens with zero attached hydrogens (tertiary/aromatic N) is 4. The predicted molar refractivity (Wildman–Crippen MR) is 84.2 cm³/mol. The fraction of sp³-hybridized carbons (Fsp3) is 0.200. The zero-order valence-corrected chi connectivity index (χ0v) is 12.9. The van der Waals surface area contributed by atoms with E-state index in [0.717, 1.165) is 28.2 Å². The van der Waals surface area contributed by atoms with Crippen molar-refractivity contribution >= 4 is 28.5 Å². The van der Waals surface area contributed by atoms with E-state index in [-0.39, 0.29) is 0 Å². The molecule has 1 heterocycles. The molecule has 1 N–H and O–H groups in total. The molecule has 1 aromatic heterocycles. The lowest BCUT2D eigenvalue weighted by Gasteiger charge is -2.17. The number of carboxylic acids is 1. The molecule has 0 amide bonds. The second kappa shape index (κ2) is 5.42. The number of aromatic nitrogens is 4. The fourth-order valence-electron chi connectivity index (χ4n) is 2.06. The number of rotatable bonds is 4. The second-order valence-electron chi connectivity index (χ2n) is 5.29. The summed E-state index contributed by atoms with van der Waals surface area (Å²) in [6.07, 6.45) is 0. The number of benzene rings is 2. The van der Waals surface area contributed by atoms with Crippen LogP contribution >= 0.6 is 11.8 Å². The molecule has 0 unspecified atom stereocenters. The third kappa shape index (κ3) is 2.55. The van der Waals surface area contributed by atoms with Gasteiger partial charge in [-0.25, -0.2) is 0 Å². The van der Waals surface area contributed by atoms with Crippen molar-refractivity contribution in [1.29, 1.82) is 0 Å². The minimum atomic E-state index is -1.02. The van der Waals surface area contributed by atoms with Gasteiger partial charge in [0.1, 0.15) is 4.75 Å². The molecule has 0 saturated carbocycles. The Morgan fingerprint density at radius 3 is 2.68 bits per heavy atom. The van der Waals surface area contributed by atoms with Gasteiger partial charge in [0.25, 0.3) is 0 Å². The number of hydrogen-bond acceptors (Lipinski definition) is 5. The molecule has 112 valence electrons. The van der Waals surface area contributed by atoms with Crippen LogP contribution in [-0.2, 0) is 4.79 Å². The first kappa shape index (κ1) is 14.5. The molecule has 7 heteroatoms. The largest absolute Gasteiger partial charge is 0.480 e. The monoisotopic (exact) mass is 314 g/mol. The molecule has 0 fully saturated rings. The van der Waals surface area contributed by atoms with Gasteiger partial charge in [0.2, 0.25) is 5.16 Å². The Bertz CT molecular complexity index is 839. The van der Waals surface area contributed by atoms with Crippen LogP contribution in [0.4, 0.5) is 0 Å². The maximum Gasteiger partial charge on any atom is 0.319 e. The zero-order valence-electron chi connectivity index (χ0n) is 12.1. The van der Waals surface area contributed by atoms with E-state index in [1.165, 1.54) is 0 Å². The molecule has 6 nitrogen and oxygen atoms in total. The summed E-state index contributed by atoms with van der Waals surface area (Å²) < 4.78 is 0.564. The molecule has 0 aliphatic carbocycles. The Balaban J connectivity index is 2.10.